The number of ether oxygens (including phenoxy) is 1. The minimum Gasteiger partial charge on any atom is -0.504 e. The lowest BCUT2D eigenvalue weighted by molar-refractivity contribution is 0.104. The first-order chi connectivity index (χ1) is 10.0. The Hall–Kier alpha value is -2.14. The molecular formula is C16H12BrFO3. The summed E-state index contributed by atoms with van der Waals surface area (Å²) in [7, 11) is 1.45. The van der Waals surface area contributed by atoms with E-state index in [0.29, 0.717) is 21.3 Å². The van der Waals surface area contributed by atoms with Crippen molar-refractivity contribution in [2.24, 2.45) is 0 Å². The summed E-state index contributed by atoms with van der Waals surface area (Å²) in [5.41, 5.74) is 1.02. The van der Waals surface area contributed by atoms with Crippen molar-refractivity contribution in [3.63, 3.8) is 0 Å². The number of phenols is 1. The van der Waals surface area contributed by atoms with Crippen LogP contribution in [0.2, 0.25) is 0 Å². The van der Waals surface area contributed by atoms with Crippen LogP contribution in [0.15, 0.2) is 46.9 Å². The highest BCUT2D eigenvalue weighted by Crippen LogP contribution is 2.33. The molecule has 0 amide bonds. The molecule has 0 radical (unpaired) electrons. The number of benzene rings is 2. The monoisotopic (exact) mass is 350 g/mol. The molecule has 0 aliphatic carbocycles. The van der Waals surface area contributed by atoms with Crippen LogP contribution in [0, 0.1) is 5.82 Å². The largest absolute Gasteiger partial charge is 0.504 e. The van der Waals surface area contributed by atoms with Crippen LogP contribution in [0.3, 0.4) is 0 Å². The summed E-state index contributed by atoms with van der Waals surface area (Å²) in [5, 5.41) is 9.72. The van der Waals surface area contributed by atoms with Crippen molar-refractivity contribution in [3.05, 3.63) is 63.9 Å². The Morgan fingerprint density at radius 1 is 1.29 bits per heavy atom. The molecule has 0 fully saturated rings. The van der Waals surface area contributed by atoms with Gasteiger partial charge in [-0.25, -0.2) is 4.39 Å². The number of halogens is 2. The number of phenolic OH excluding ortho intramolecular Hbond substituents is 1. The minimum atomic E-state index is -0.390. The average Bonchev–Trinajstić information content (AvgIpc) is 2.48. The Labute approximate surface area is 129 Å². The topological polar surface area (TPSA) is 46.5 Å². The fourth-order valence-electron chi connectivity index (χ4n) is 1.73. The number of hydrogen-bond donors (Lipinski definition) is 1. The van der Waals surface area contributed by atoms with E-state index in [-0.39, 0.29) is 11.5 Å². The summed E-state index contributed by atoms with van der Waals surface area (Å²) < 4.78 is 18.5. The number of carbonyl (C=O) groups excluding carboxylic acids is 1. The maximum absolute atomic E-state index is 12.8. The maximum Gasteiger partial charge on any atom is 0.185 e. The molecular weight excluding hydrogens is 339 g/mol. The number of aromatic hydroxyl groups is 1. The number of methoxy groups -OCH3 is 1. The van der Waals surface area contributed by atoms with E-state index in [1.165, 1.54) is 43.5 Å². The highest BCUT2D eigenvalue weighted by Gasteiger charge is 2.07. The van der Waals surface area contributed by atoms with Crippen LogP contribution in [0.1, 0.15) is 15.9 Å². The molecule has 0 unspecified atom stereocenters. The van der Waals surface area contributed by atoms with E-state index in [2.05, 4.69) is 15.9 Å². The third-order valence-electron chi connectivity index (χ3n) is 2.84. The van der Waals surface area contributed by atoms with Crippen molar-refractivity contribution in [2.45, 2.75) is 0 Å². The molecule has 3 nitrogen and oxygen atoms in total. The second kappa shape index (κ2) is 6.54. The van der Waals surface area contributed by atoms with Crippen molar-refractivity contribution in [3.8, 4) is 11.5 Å². The molecule has 0 aromatic heterocycles. The van der Waals surface area contributed by atoms with Crippen LogP contribution in [0.5, 0.6) is 11.5 Å². The van der Waals surface area contributed by atoms with Crippen LogP contribution in [0.4, 0.5) is 4.39 Å². The van der Waals surface area contributed by atoms with E-state index in [9.17, 15) is 14.3 Å². The van der Waals surface area contributed by atoms with Crippen molar-refractivity contribution >= 4 is 27.8 Å². The van der Waals surface area contributed by atoms with E-state index < -0.39 is 5.82 Å². The first-order valence-electron chi connectivity index (χ1n) is 6.05. The van der Waals surface area contributed by atoms with E-state index in [4.69, 9.17) is 4.74 Å². The van der Waals surface area contributed by atoms with E-state index >= 15 is 0 Å². The molecule has 0 heterocycles. The fourth-order valence-corrected chi connectivity index (χ4v) is 2.18. The van der Waals surface area contributed by atoms with Gasteiger partial charge in [0.05, 0.1) is 7.11 Å². The van der Waals surface area contributed by atoms with Gasteiger partial charge in [-0.15, -0.1) is 0 Å². The molecule has 0 saturated carbocycles. The average molecular weight is 351 g/mol. The molecule has 108 valence electrons. The van der Waals surface area contributed by atoms with Gasteiger partial charge in [0.2, 0.25) is 0 Å². The highest BCUT2D eigenvalue weighted by atomic mass is 79.9. The molecule has 21 heavy (non-hydrogen) atoms. The second-order valence-electron chi connectivity index (χ2n) is 4.25. The molecule has 0 saturated heterocycles. The lowest BCUT2D eigenvalue weighted by Crippen LogP contribution is -1.94. The highest BCUT2D eigenvalue weighted by molar-refractivity contribution is 9.10. The van der Waals surface area contributed by atoms with Gasteiger partial charge in [-0.2, -0.15) is 0 Å². The zero-order valence-electron chi connectivity index (χ0n) is 11.1. The number of ketones is 1. The van der Waals surface area contributed by atoms with Gasteiger partial charge in [0.25, 0.3) is 0 Å². The van der Waals surface area contributed by atoms with Gasteiger partial charge in [-0.05, 0) is 54.1 Å². The zero-order valence-corrected chi connectivity index (χ0v) is 12.7. The quantitative estimate of drug-likeness (QED) is 0.663. The predicted molar refractivity (Wildman–Crippen MR) is 82.1 cm³/mol. The minimum absolute atomic E-state index is 0.0189. The van der Waals surface area contributed by atoms with Crippen molar-refractivity contribution in [1.29, 1.82) is 0 Å². The normalized spacial score (nSPS) is 10.8. The van der Waals surface area contributed by atoms with Crippen LogP contribution in [-0.4, -0.2) is 18.0 Å². The predicted octanol–water partition coefficient (Wildman–Crippen LogP) is 4.20. The van der Waals surface area contributed by atoms with Crippen molar-refractivity contribution < 1.29 is 19.0 Å². The molecule has 2 aromatic carbocycles. The van der Waals surface area contributed by atoms with Crippen molar-refractivity contribution in [2.75, 3.05) is 7.11 Å². The summed E-state index contributed by atoms with van der Waals surface area (Å²) in [6.07, 6.45) is 2.92. The first kappa shape index (κ1) is 15.3. The Kier molecular flexibility index (Phi) is 4.75. The molecule has 2 aromatic rings. The third kappa shape index (κ3) is 3.70. The number of allylic oxidation sites excluding steroid dienone is 1. The van der Waals surface area contributed by atoms with Crippen LogP contribution in [0.25, 0.3) is 6.08 Å². The van der Waals surface area contributed by atoms with Gasteiger partial charge in [0.15, 0.2) is 17.3 Å². The molecule has 0 bridgehead atoms. The third-order valence-corrected chi connectivity index (χ3v) is 3.53. The summed E-state index contributed by atoms with van der Waals surface area (Å²) in [6, 6.07) is 8.40. The Bertz CT molecular complexity index is 693. The second-order valence-corrected chi connectivity index (χ2v) is 5.10. The fraction of sp³-hybridized carbons (Fsp3) is 0.0625. The van der Waals surface area contributed by atoms with E-state index in [1.54, 1.807) is 12.1 Å². The van der Waals surface area contributed by atoms with E-state index in [0.717, 1.165) is 0 Å². The van der Waals surface area contributed by atoms with Crippen LogP contribution < -0.4 is 4.74 Å². The van der Waals surface area contributed by atoms with E-state index in [1.807, 2.05) is 0 Å². The summed E-state index contributed by atoms with van der Waals surface area (Å²) in [5.74, 6) is -0.325. The summed E-state index contributed by atoms with van der Waals surface area (Å²) >= 11 is 3.33. The SMILES string of the molecule is COc1cc(Br)c(/C=C/C(=O)c2ccc(F)cc2)cc1O. The molecule has 5 heteroatoms. The first-order valence-corrected chi connectivity index (χ1v) is 6.85. The van der Waals surface area contributed by atoms with Crippen LogP contribution in [-0.2, 0) is 0 Å². The summed E-state index contributed by atoms with van der Waals surface area (Å²) in [6.45, 7) is 0. The van der Waals surface area contributed by atoms with Gasteiger partial charge in [-0.3, -0.25) is 4.79 Å². The Morgan fingerprint density at radius 2 is 1.95 bits per heavy atom. The van der Waals surface area contributed by atoms with Gasteiger partial charge in [0, 0.05) is 10.0 Å². The lowest BCUT2D eigenvalue weighted by Gasteiger charge is -2.06. The van der Waals surface area contributed by atoms with Gasteiger partial charge in [-0.1, -0.05) is 15.9 Å². The standard InChI is InChI=1S/C16H12BrFO3/c1-21-16-9-13(17)11(8-15(16)20)4-7-14(19)10-2-5-12(18)6-3-10/h2-9,20H,1H3/b7-4+. The molecule has 2 rings (SSSR count). The zero-order chi connectivity index (χ0) is 15.4. The molecule has 0 atom stereocenters. The van der Waals surface area contributed by atoms with Gasteiger partial charge < -0.3 is 9.84 Å². The van der Waals surface area contributed by atoms with Crippen LogP contribution >= 0.6 is 15.9 Å². The van der Waals surface area contributed by atoms with Gasteiger partial charge >= 0.3 is 0 Å². The molecule has 0 aliphatic rings. The Balaban J connectivity index is 2.23. The maximum atomic E-state index is 12.8. The Morgan fingerprint density at radius 3 is 2.57 bits per heavy atom. The van der Waals surface area contributed by atoms with Crippen molar-refractivity contribution in [1.82, 2.24) is 0 Å². The smallest absolute Gasteiger partial charge is 0.185 e. The number of hydrogen-bond acceptors (Lipinski definition) is 3. The number of rotatable bonds is 4. The van der Waals surface area contributed by atoms with Gasteiger partial charge in [0.1, 0.15) is 5.82 Å². The number of carbonyl (C=O) groups is 1. The molecule has 1 N–H and O–H groups in total. The molecule has 0 aliphatic heterocycles. The molecule has 0 spiro atoms. The summed E-state index contributed by atoms with van der Waals surface area (Å²) in [4.78, 5) is 11.9. The lowest BCUT2D eigenvalue weighted by atomic mass is 10.1.